The van der Waals surface area contributed by atoms with Crippen molar-refractivity contribution >= 4 is 17.0 Å². The Balaban J connectivity index is 2.05. The summed E-state index contributed by atoms with van der Waals surface area (Å²) >= 11 is 1.62. The van der Waals surface area contributed by atoms with Crippen LogP contribution < -0.4 is 10.5 Å². The fourth-order valence-corrected chi connectivity index (χ4v) is 2.92. The number of nitrogen functional groups attached to an aromatic ring is 1. The van der Waals surface area contributed by atoms with E-state index in [2.05, 4.69) is 17.1 Å². The number of para-hydroxylation sites is 1. The highest BCUT2D eigenvalue weighted by Crippen LogP contribution is 2.36. The zero-order valence-electron chi connectivity index (χ0n) is 11.0. The van der Waals surface area contributed by atoms with Crippen molar-refractivity contribution in [3.8, 4) is 27.6 Å². The number of hydrogen-bond donors (Lipinski definition) is 1. The third-order valence-electron chi connectivity index (χ3n) is 3.05. The van der Waals surface area contributed by atoms with Crippen LogP contribution in [-0.2, 0) is 0 Å². The van der Waals surface area contributed by atoms with Crippen LogP contribution in [0, 0.1) is 0 Å². The second-order valence-corrected chi connectivity index (χ2v) is 5.19. The van der Waals surface area contributed by atoms with Gasteiger partial charge in [0.25, 0.3) is 0 Å². The summed E-state index contributed by atoms with van der Waals surface area (Å²) < 4.78 is 5.39. The predicted octanol–water partition coefficient (Wildman–Crippen LogP) is 4.07. The number of benzene rings is 2. The molecule has 0 unspecified atom stereocenters. The molecule has 0 spiro atoms. The largest absolute Gasteiger partial charge is 0.494 e. The first kappa shape index (κ1) is 12.7. The zero-order valence-corrected chi connectivity index (χ0v) is 11.9. The fraction of sp³-hybridized carbons (Fsp3) is 0.0625. The van der Waals surface area contributed by atoms with Crippen molar-refractivity contribution < 1.29 is 4.74 Å². The van der Waals surface area contributed by atoms with Gasteiger partial charge in [-0.05, 0) is 12.1 Å². The number of aromatic nitrogens is 1. The van der Waals surface area contributed by atoms with E-state index in [1.54, 1.807) is 18.4 Å². The van der Waals surface area contributed by atoms with E-state index in [9.17, 15) is 0 Å². The fourth-order valence-electron chi connectivity index (χ4n) is 2.10. The lowest BCUT2D eigenvalue weighted by Gasteiger charge is -2.08. The molecule has 1 aromatic heterocycles. The number of thiazole rings is 1. The number of anilines is 1. The zero-order chi connectivity index (χ0) is 13.9. The van der Waals surface area contributed by atoms with E-state index in [1.165, 1.54) is 0 Å². The average molecular weight is 282 g/mol. The van der Waals surface area contributed by atoms with E-state index in [1.807, 2.05) is 41.8 Å². The number of nitrogens with zero attached hydrogens (tertiary/aromatic N) is 1. The standard InChI is InChI=1S/C16H14N2OS/c1-19-15-12(8-5-9-13(15)17)14-10-20-16(18-14)11-6-3-2-4-7-11/h2-10H,17H2,1H3. The van der Waals surface area contributed by atoms with Crippen LogP contribution in [0.15, 0.2) is 53.9 Å². The van der Waals surface area contributed by atoms with Crippen molar-refractivity contribution in [2.75, 3.05) is 12.8 Å². The Bertz CT molecular complexity index is 722. The lowest BCUT2D eigenvalue weighted by atomic mass is 10.1. The smallest absolute Gasteiger partial charge is 0.151 e. The van der Waals surface area contributed by atoms with Gasteiger partial charge >= 0.3 is 0 Å². The van der Waals surface area contributed by atoms with Crippen molar-refractivity contribution in [2.24, 2.45) is 0 Å². The molecule has 100 valence electrons. The second-order valence-electron chi connectivity index (χ2n) is 4.33. The van der Waals surface area contributed by atoms with Gasteiger partial charge in [-0.3, -0.25) is 0 Å². The SMILES string of the molecule is COc1c(N)cccc1-c1csc(-c2ccccc2)n1. The van der Waals surface area contributed by atoms with Crippen LogP contribution in [0.5, 0.6) is 5.75 Å². The van der Waals surface area contributed by atoms with Crippen LogP contribution in [0.1, 0.15) is 0 Å². The molecular weight excluding hydrogens is 268 g/mol. The minimum absolute atomic E-state index is 0.624. The van der Waals surface area contributed by atoms with Gasteiger partial charge in [-0.2, -0.15) is 0 Å². The molecule has 0 fully saturated rings. The highest BCUT2D eigenvalue weighted by Gasteiger charge is 2.12. The quantitative estimate of drug-likeness (QED) is 0.737. The van der Waals surface area contributed by atoms with Crippen LogP contribution in [0.25, 0.3) is 21.8 Å². The van der Waals surface area contributed by atoms with Gasteiger partial charge in [0.05, 0.1) is 18.5 Å². The van der Waals surface area contributed by atoms with Crippen molar-refractivity contribution in [1.29, 1.82) is 0 Å². The molecular formula is C16H14N2OS. The summed E-state index contributed by atoms with van der Waals surface area (Å²) in [4.78, 5) is 4.68. The summed E-state index contributed by atoms with van der Waals surface area (Å²) in [6, 6.07) is 15.8. The summed E-state index contributed by atoms with van der Waals surface area (Å²) in [6.45, 7) is 0. The second kappa shape index (κ2) is 5.35. The lowest BCUT2D eigenvalue weighted by molar-refractivity contribution is 0.418. The van der Waals surface area contributed by atoms with Crippen molar-refractivity contribution in [1.82, 2.24) is 4.98 Å². The van der Waals surface area contributed by atoms with Crippen molar-refractivity contribution in [2.45, 2.75) is 0 Å². The molecule has 4 heteroatoms. The third-order valence-corrected chi connectivity index (χ3v) is 3.94. The molecule has 1 heterocycles. The summed E-state index contributed by atoms with van der Waals surface area (Å²) in [6.07, 6.45) is 0. The minimum Gasteiger partial charge on any atom is -0.494 e. The summed E-state index contributed by atoms with van der Waals surface area (Å²) in [5.74, 6) is 0.678. The maximum Gasteiger partial charge on any atom is 0.151 e. The Morgan fingerprint density at radius 2 is 1.85 bits per heavy atom. The van der Waals surface area contributed by atoms with Crippen LogP contribution >= 0.6 is 11.3 Å². The molecule has 0 saturated carbocycles. The van der Waals surface area contributed by atoms with Crippen LogP contribution in [-0.4, -0.2) is 12.1 Å². The molecule has 0 aliphatic heterocycles. The number of rotatable bonds is 3. The predicted molar refractivity (Wildman–Crippen MR) is 84.0 cm³/mol. The molecule has 0 amide bonds. The number of ether oxygens (including phenoxy) is 1. The summed E-state index contributed by atoms with van der Waals surface area (Å²) in [5, 5.41) is 3.02. The highest BCUT2D eigenvalue weighted by molar-refractivity contribution is 7.13. The summed E-state index contributed by atoms with van der Waals surface area (Å²) in [7, 11) is 1.62. The van der Waals surface area contributed by atoms with Gasteiger partial charge in [0.1, 0.15) is 5.01 Å². The van der Waals surface area contributed by atoms with Gasteiger partial charge < -0.3 is 10.5 Å². The van der Waals surface area contributed by atoms with Gasteiger partial charge in [0, 0.05) is 16.5 Å². The van der Waals surface area contributed by atoms with Gasteiger partial charge in [-0.15, -0.1) is 11.3 Å². The molecule has 0 bridgehead atoms. The number of methoxy groups -OCH3 is 1. The maximum atomic E-state index is 5.94. The first-order chi connectivity index (χ1) is 9.79. The Kier molecular flexibility index (Phi) is 3.39. The Morgan fingerprint density at radius 3 is 2.60 bits per heavy atom. The van der Waals surface area contributed by atoms with E-state index < -0.39 is 0 Å². The Hall–Kier alpha value is -2.33. The van der Waals surface area contributed by atoms with Crippen LogP contribution in [0.3, 0.4) is 0 Å². The monoisotopic (exact) mass is 282 g/mol. The molecule has 0 atom stereocenters. The topological polar surface area (TPSA) is 48.1 Å². The third kappa shape index (κ3) is 2.26. The normalized spacial score (nSPS) is 10.4. The van der Waals surface area contributed by atoms with E-state index >= 15 is 0 Å². The van der Waals surface area contributed by atoms with Crippen molar-refractivity contribution in [3.05, 3.63) is 53.9 Å². The van der Waals surface area contributed by atoms with Crippen LogP contribution in [0.2, 0.25) is 0 Å². The van der Waals surface area contributed by atoms with E-state index in [4.69, 9.17) is 10.5 Å². The Morgan fingerprint density at radius 1 is 1.05 bits per heavy atom. The van der Waals surface area contributed by atoms with Gasteiger partial charge in [0.2, 0.25) is 0 Å². The van der Waals surface area contributed by atoms with Crippen LogP contribution in [0.4, 0.5) is 5.69 Å². The van der Waals surface area contributed by atoms with E-state index in [0.29, 0.717) is 11.4 Å². The van der Waals surface area contributed by atoms with E-state index in [0.717, 1.165) is 21.8 Å². The minimum atomic E-state index is 0.624. The molecule has 0 radical (unpaired) electrons. The average Bonchev–Trinajstić information content (AvgIpc) is 2.97. The molecule has 2 N–H and O–H groups in total. The molecule has 2 aromatic carbocycles. The van der Waals surface area contributed by atoms with Gasteiger partial charge in [-0.25, -0.2) is 4.98 Å². The molecule has 0 saturated heterocycles. The van der Waals surface area contributed by atoms with E-state index in [-0.39, 0.29) is 0 Å². The molecule has 3 nitrogen and oxygen atoms in total. The number of nitrogens with two attached hydrogens (primary N) is 1. The molecule has 20 heavy (non-hydrogen) atoms. The molecule has 3 rings (SSSR count). The first-order valence-electron chi connectivity index (χ1n) is 6.23. The summed E-state index contributed by atoms with van der Waals surface area (Å²) in [5.41, 5.74) is 9.49. The first-order valence-corrected chi connectivity index (χ1v) is 7.11. The lowest BCUT2D eigenvalue weighted by Crippen LogP contribution is -1.94. The highest BCUT2D eigenvalue weighted by atomic mass is 32.1. The van der Waals surface area contributed by atoms with Gasteiger partial charge in [0.15, 0.2) is 5.75 Å². The molecule has 3 aromatic rings. The maximum absolute atomic E-state index is 5.94. The Labute approximate surface area is 121 Å². The molecule has 0 aliphatic rings. The number of hydrogen-bond acceptors (Lipinski definition) is 4. The van der Waals surface area contributed by atoms with Crippen molar-refractivity contribution in [3.63, 3.8) is 0 Å². The van der Waals surface area contributed by atoms with Gasteiger partial charge in [-0.1, -0.05) is 36.4 Å². The molecule has 0 aliphatic carbocycles.